The molecule has 3 heteroatoms. The molecule has 0 aromatic carbocycles. The van der Waals surface area contributed by atoms with Gasteiger partial charge in [0.25, 0.3) is 0 Å². The van der Waals surface area contributed by atoms with Crippen LogP contribution in [0.3, 0.4) is 0 Å². The Labute approximate surface area is 113 Å². The summed E-state index contributed by atoms with van der Waals surface area (Å²) < 4.78 is 10.4. The van der Waals surface area contributed by atoms with Crippen LogP contribution in [0, 0.1) is 11.3 Å². The summed E-state index contributed by atoms with van der Waals surface area (Å²) in [4.78, 5) is 0. The van der Waals surface area contributed by atoms with Crippen molar-refractivity contribution in [2.75, 3.05) is 33.5 Å². The van der Waals surface area contributed by atoms with Crippen molar-refractivity contribution in [3.05, 3.63) is 0 Å². The zero-order valence-corrected chi connectivity index (χ0v) is 12.6. The molecule has 0 amide bonds. The molecule has 2 atom stereocenters. The molecule has 0 saturated heterocycles. The number of rotatable bonds is 8. The van der Waals surface area contributed by atoms with Crippen LogP contribution in [0.4, 0.5) is 0 Å². The van der Waals surface area contributed by atoms with Crippen LogP contribution < -0.4 is 5.32 Å². The van der Waals surface area contributed by atoms with E-state index in [2.05, 4.69) is 26.1 Å². The van der Waals surface area contributed by atoms with Gasteiger partial charge in [0, 0.05) is 19.8 Å². The first-order valence-electron chi connectivity index (χ1n) is 7.33. The smallest absolute Gasteiger partial charge is 0.0700 e. The van der Waals surface area contributed by atoms with Gasteiger partial charge in [-0.25, -0.2) is 0 Å². The van der Waals surface area contributed by atoms with Crippen LogP contribution in [0.5, 0.6) is 0 Å². The molecule has 0 aromatic rings. The SMILES string of the molecule is COCCOCCCNC1CC(C)CC(C)(C)C1. The zero-order chi connectivity index (χ0) is 13.4. The lowest BCUT2D eigenvalue weighted by Crippen LogP contribution is -2.40. The molecule has 0 aliphatic heterocycles. The highest BCUT2D eigenvalue weighted by Crippen LogP contribution is 2.38. The van der Waals surface area contributed by atoms with Gasteiger partial charge in [-0.1, -0.05) is 20.8 Å². The second kappa shape index (κ2) is 8.13. The maximum atomic E-state index is 5.46. The first kappa shape index (κ1) is 15.9. The van der Waals surface area contributed by atoms with E-state index in [1.54, 1.807) is 7.11 Å². The third kappa shape index (κ3) is 6.72. The highest BCUT2D eigenvalue weighted by atomic mass is 16.5. The van der Waals surface area contributed by atoms with E-state index in [4.69, 9.17) is 9.47 Å². The minimum Gasteiger partial charge on any atom is -0.382 e. The Morgan fingerprint density at radius 2 is 1.94 bits per heavy atom. The monoisotopic (exact) mass is 257 g/mol. The van der Waals surface area contributed by atoms with E-state index < -0.39 is 0 Å². The Morgan fingerprint density at radius 1 is 1.17 bits per heavy atom. The summed E-state index contributed by atoms with van der Waals surface area (Å²) in [7, 11) is 1.71. The van der Waals surface area contributed by atoms with Gasteiger partial charge in [0.1, 0.15) is 0 Å². The molecule has 3 nitrogen and oxygen atoms in total. The maximum Gasteiger partial charge on any atom is 0.0700 e. The molecule has 1 aliphatic rings. The lowest BCUT2D eigenvalue weighted by atomic mass is 9.70. The second-order valence-corrected chi connectivity index (χ2v) is 6.52. The second-order valence-electron chi connectivity index (χ2n) is 6.52. The van der Waals surface area contributed by atoms with E-state index in [9.17, 15) is 0 Å². The van der Waals surface area contributed by atoms with E-state index in [1.165, 1.54) is 19.3 Å². The lowest BCUT2D eigenvalue weighted by Gasteiger charge is -2.39. The highest BCUT2D eigenvalue weighted by molar-refractivity contribution is 4.86. The van der Waals surface area contributed by atoms with Gasteiger partial charge in [-0.05, 0) is 43.6 Å². The van der Waals surface area contributed by atoms with Gasteiger partial charge in [0.15, 0.2) is 0 Å². The third-order valence-electron chi connectivity index (χ3n) is 3.72. The predicted molar refractivity (Wildman–Crippen MR) is 75.9 cm³/mol. The maximum absolute atomic E-state index is 5.46. The number of hydrogen-bond donors (Lipinski definition) is 1. The molecule has 1 rings (SSSR count). The van der Waals surface area contributed by atoms with Gasteiger partial charge in [-0.3, -0.25) is 0 Å². The standard InChI is InChI=1S/C15H31NO2/c1-13-10-14(12-15(2,3)11-13)16-6-5-7-18-9-8-17-4/h13-14,16H,5-12H2,1-4H3. The van der Waals surface area contributed by atoms with Crippen LogP contribution in [0.15, 0.2) is 0 Å². The van der Waals surface area contributed by atoms with Crippen LogP contribution in [0.1, 0.15) is 46.5 Å². The number of nitrogens with one attached hydrogen (secondary N) is 1. The summed E-state index contributed by atoms with van der Waals surface area (Å²) in [5.74, 6) is 0.851. The van der Waals surface area contributed by atoms with Crippen molar-refractivity contribution in [1.82, 2.24) is 5.32 Å². The molecule has 18 heavy (non-hydrogen) atoms. The fourth-order valence-electron chi connectivity index (χ4n) is 3.23. The summed E-state index contributed by atoms with van der Waals surface area (Å²) in [6.07, 6.45) is 5.09. The van der Waals surface area contributed by atoms with Gasteiger partial charge in [-0.2, -0.15) is 0 Å². The summed E-state index contributed by atoms with van der Waals surface area (Å²) in [6.45, 7) is 10.5. The van der Waals surface area contributed by atoms with E-state index in [0.717, 1.165) is 25.5 Å². The van der Waals surface area contributed by atoms with Crippen LogP contribution in [0.25, 0.3) is 0 Å². The Kier molecular flexibility index (Phi) is 7.20. The third-order valence-corrected chi connectivity index (χ3v) is 3.72. The normalized spacial score (nSPS) is 27.3. The molecule has 1 fully saturated rings. The van der Waals surface area contributed by atoms with Crippen LogP contribution >= 0.6 is 0 Å². The van der Waals surface area contributed by atoms with Crippen molar-refractivity contribution in [3.63, 3.8) is 0 Å². The van der Waals surface area contributed by atoms with Gasteiger partial charge < -0.3 is 14.8 Å². The Morgan fingerprint density at radius 3 is 2.61 bits per heavy atom. The highest BCUT2D eigenvalue weighted by Gasteiger charge is 2.31. The Bertz CT molecular complexity index is 219. The first-order chi connectivity index (χ1) is 8.53. The summed E-state index contributed by atoms with van der Waals surface area (Å²) in [5.41, 5.74) is 0.504. The number of methoxy groups -OCH3 is 1. The van der Waals surface area contributed by atoms with E-state index in [0.29, 0.717) is 24.7 Å². The Hall–Kier alpha value is -0.120. The van der Waals surface area contributed by atoms with E-state index in [-0.39, 0.29) is 0 Å². The Balaban J connectivity index is 2.04. The fourth-order valence-corrected chi connectivity index (χ4v) is 3.23. The number of ether oxygens (including phenoxy) is 2. The first-order valence-corrected chi connectivity index (χ1v) is 7.33. The van der Waals surface area contributed by atoms with Crippen molar-refractivity contribution >= 4 is 0 Å². The summed E-state index contributed by atoms with van der Waals surface area (Å²) in [6, 6.07) is 0.697. The molecule has 0 heterocycles. The lowest BCUT2D eigenvalue weighted by molar-refractivity contribution is 0.0683. The molecule has 0 spiro atoms. The summed E-state index contributed by atoms with van der Waals surface area (Å²) >= 11 is 0. The van der Waals surface area contributed by atoms with Gasteiger partial charge in [0.2, 0.25) is 0 Å². The minimum absolute atomic E-state index is 0.504. The zero-order valence-electron chi connectivity index (χ0n) is 12.6. The topological polar surface area (TPSA) is 30.5 Å². The molecule has 2 unspecified atom stereocenters. The molecule has 108 valence electrons. The fraction of sp³-hybridized carbons (Fsp3) is 1.00. The van der Waals surface area contributed by atoms with Crippen LogP contribution in [-0.4, -0.2) is 39.5 Å². The average Bonchev–Trinajstić information content (AvgIpc) is 2.25. The molecule has 0 aromatic heterocycles. The molecular weight excluding hydrogens is 226 g/mol. The van der Waals surface area contributed by atoms with Crippen LogP contribution in [0.2, 0.25) is 0 Å². The quantitative estimate of drug-likeness (QED) is 0.678. The van der Waals surface area contributed by atoms with Crippen molar-refractivity contribution in [1.29, 1.82) is 0 Å². The van der Waals surface area contributed by atoms with Crippen molar-refractivity contribution in [3.8, 4) is 0 Å². The predicted octanol–water partition coefficient (Wildman–Crippen LogP) is 2.84. The summed E-state index contributed by atoms with van der Waals surface area (Å²) in [5, 5.41) is 3.69. The molecule has 1 aliphatic carbocycles. The number of hydrogen-bond acceptors (Lipinski definition) is 3. The van der Waals surface area contributed by atoms with Gasteiger partial charge in [-0.15, -0.1) is 0 Å². The van der Waals surface area contributed by atoms with Crippen LogP contribution in [-0.2, 0) is 9.47 Å². The van der Waals surface area contributed by atoms with Crippen molar-refractivity contribution in [2.24, 2.45) is 11.3 Å². The van der Waals surface area contributed by atoms with Gasteiger partial charge >= 0.3 is 0 Å². The van der Waals surface area contributed by atoms with E-state index >= 15 is 0 Å². The minimum atomic E-state index is 0.504. The van der Waals surface area contributed by atoms with E-state index in [1.807, 2.05) is 0 Å². The van der Waals surface area contributed by atoms with Crippen molar-refractivity contribution < 1.29 is 9.47 Å². The molecule has 1 saturated carbocycles. The van der Waals surface area contributed by atoms with Gasteiger partial charge in [0.05, 0.1) is 13.2 Å². The molecule has 1 N–H and O–H groups in total. The molecule has 0 radical (unpaired) electrons. The molecular formula is C15H31NO2. The molecule has 0 bridgehead atoms. The van der Waals surface area contributed by atoms with Crippen molar-refractivity contribution in [2.45, 2.75) is 52.5 Å². The average molecular weight is 257 g/mol. The largest absolute Gasteiger partial charge is 0.382 e.